The van der Waals surface area contributed by atoms with Gasteiger partial charge in [0.25, 0.3) is 0 Å². The largest absolute Gasteiger partial charge is 0.411 e. The van der Waals surface area contributed by atoms with Crippen molar-refractivity contribution < 1.29 is 9.94 Å². The third-order valence-electron chi connectivity index (χ3n) is 1.63. The molecule has 4 heteroatoms. The Kier molecular flexibility index (Phi) is 3.55. The first kappa shape index (κ1) is 9.92. The summed E-state index contributed by atoms with van der Waals surface area (Å²) in [5.74, 6) is -0.530. The number of rotatable bonds is 3. The van der Waals surface area contributed by atoms with Gasteiger partial charge >= 0.3 is 0 Å². The van der Waals surface area contributed by atoms with Crippen LogP contribution in [0.1, 0.15) is 13.8 Å². The summed E-state index contributed by atoms with van der Waals surface area (Å²) >= 11 is 0. The van der Waals surface area contributed by atoms with E-state index in [1.165, 1.54) is 7.11 Å². The van der Waals surface area contributed by atoms with E-state index >= 15 is 0 Å². The molecule has 0 spiro atoms. The molecule has 0 fully saturated rings. The summed E-state index contributed by atoms with van der Waals surface area (Å²) in [7, 11) is 1.51. The Bertz CT molecular complexity index is 181. The number of nitriles is 1. The SMILES string of the molecule is COC(C)(C)C(C#N)C=NO. The van der Waals surface area contributed by atoms with Gasteiger partial charge in [0.2, 0.25) is 0 Å². The van der Waals surface area contributed by atoms with Crippen LogP contribution >= 0.6 is 0 Å². The van der Waals surface area contributed by atoms with Gasteiger partial charge in [-0.15, -0.1) is 5.16 Å². The molecule has 0 radical (unpaired) electrons. The molecule has 0 saturated carbocycles. The van der Waals surface area contributed by atoms with Crippen molar-refractivity contribution in [3.8, 4) is 6.07 Å². The van der Waals surface area contributed by atoms with Crippen LogP contribution in [0.5, 0.6) is 0 Å². The third kappa shape index (κ3) is 2.56. The summed E-state index contributed by atoms with van der Waals surface area (Å²) in [5.41, 5.74) is -0.610. The highest BCUT2D eigenvalue weighted by molar-refractivity contribution is 5.65. The van der Waals surface area contributed by atoms with Crippen LogP contribution in [0.4, 0.5) is 0 Å². The van der Waals surface area contributed by atoms with Crippen molar-refractivity contribution in [2.75, 3.05) is 7.11 Å². The number of nitrogens with zero attached hydrogens (tertiary/aromatic N) is 2. The summed E-state index contributed by atoms with van der Waals surface area (Å²) in [4.78, 5) is 0. The molecule has 1 unspecified atom stereocenters. The molecule has 0 amide bonds. The second-order valence-electron chi connectivity index (χ2n) is 2.68. The van der Waals surface area contributed by atoms with Crippen LogP contribution in [0.15, 0.2) is 5.16 Å². The Balaban J connectivity index is 4.39. The summed E-state index contributed by atoms with van der Waals surface area (Å²) in [6, 6.07) is 1.96. The Morgan fingerprint density at radius 3 is 2.55 bits per heavy atom. The van der Waals surface area contributed by atoms with E-state index in [0.29, 0.717) is 0 Å². The molecule has 1 N–H and O–H groups in total. The second kappa shape index (κ2) is 3.94. The standard InChI is InChI=1S/C7H12N2O2/c1-7(2,11-3)6(4-8)5-9-10/h5-6,10H,1-3H3. The molecular weight excluding hydrogens is 144 g/mol. The predicted octanol–water partition coefficient (Wildman–Crippen LogP) is 1.01. The van der Waals surface area contributed by atoms with Crippen LogP contribution in [0.25, 0.3) is 0 Å². The summed E-state index contributed by atoms with van der Waals surface area (Å²) in [5, 5.41) is 19.6. The normalized spacial score (nSPS) is 14.7. The fourth-order valence-electron chi connectivity index (χ4n) is 0.562. The summed E-state index contributed by atoms with van der Waals surface area (Å²) < 4.78 is 5.02. The van der Waals surface area contributed by atoms with E-state index in [4.69, 9.17) is 15.2 Å². The lowest BCUT2D eigenvalue weighted by molar-refractivity contribution is 0.00952. The van der Waals surface area contributed by atoms with Gasteiger partial charge in [0.05, 0.1) is 17.9 Å². The van der Waals surface area contributed by atoms with E-state index < -0.39 is 11.5 Å². The zero-order valence-corrected chi connectivity index (χ0v) is 6.90. The van der Waals surface area contributed by atoms with E-state index in [9.17, 15) is 0 Å². The highest BCUT2D eigenvalue weighted by atomic mass is 16.5. The minimum absolute atomic E-state index is 0.530. The number of oxime groups is 1. The van der Waals surface area contributed by atoms with Crippen molar-refractivity contribution in [3.05, 3.63) is 0 Å². The highest BCUT2D eigenvalue weighted by Crippen LogP contribution is 2.17. The molecule has 0 aliphatic carbocycles. The Morgan fingerprint density at radius 2 is 2.27 bits per heavy atom. The maximum Gasteiger partial charge on any atom is 0.113 e. The zero-order valence-electron chi connectivity index (χ0n) is 6.90. The van der Waals surface area contributed by atoms with Gasteiger partial charge in [-0.25, -0.2) is 0 Å². The smallest absolute Gasteiger partial charge is 0.113 e. The van der Waals surface area contributed by atoms with Crippen molar-refractivity contribution in [1.29, 1.82) is 5.26 Å². The first-order valence-electron chi connectivity index (χ1n) is 3.20. The average molecular weight is 156 g/mol. The van der Waals surface area contributed by atoms with Crippen molar-refractivity contribution in [3.63, 3.8) is 0 Å². The molecule has 0 bridgehead atoms. The van der Waals surface area contributed by atoms with Gasteiger partial charge in [0.15, 0.2) is 0 Å². The van der Waals surface area contributed by atoms with Crippen LogP contribution in [-0.4, -0.2) is 24.1 Å². The quantitative estimate of drug-likeness (QED) is 0.376. The molecule has 4 nitrogen and oxygen atoms in total. The number of hydrogen-bond donors (Lipinski definition) is 1. The molecule has 1 atom stereocenters. The highest BCUT2D eigenvalue weighted by Gasteiger charge is 2.27. The van der Waals surface area contributed by atoms with Crippen LogP contribution in [0.3, 0.4) is 0 Å². The van der Waals surface area contributed by atoms with Gasteiger partial charge < -0.3 is 9.94 Å². The first-order chi connectivity index (χ1) is 5.08. The molecule has 0 aliphatic rings. The van der Waals surface area contributed by atoms with Gasteiger partial charge in [-0.1, -0.05) is 0 Å². The third-order valence-corrected chi connectivity index (χ3v) is 1.63. The van der Waals surface area contributed by atoms with Crippen LogP contribution in [-0.2, 0) is 4.74 Å². The lowest BCUT2D eigenvalue weighted by Crippen LogP contribution is -2.33. The molecule has 0 heterocycles. The fourth-order valence-corrected chi connectivity index (χ4v) is 0.562. The zero-order chi connectivity index (χ0) is 8.91. The van der Waals surface area contributed by atoms with Gasteiger partial charge in [0.1, 0.15) is 5.92 Å². The molecular formula is C7H12N2O2. The Hall–Kier alpha value is -1.08. The molecule has 11 heavy (non-hydrogen) atoms. The average Bonchev–Trinajstić information content (AvgIpc) is 2.00. The Morgan fingerprint density at radius 1 is 1.73 bits per heavy atom. The van der Waals surface area contributed by atoms with Gasteiger partial charge in [-0.3, -0.25) is 0 Å². The van der Waals surface area contributed by atoms with Crippen LogP contribution < -0.4 is 0 Å². The number of ether oxygens (including phenoxy) is 1. The maximum absolute atomic E-state index is 8.59. The van der Waals surface area contributed by atoms with E-state index in [1.807, 2.05) is 6.07 Å². The van der Waals surface area contributed by atoms with Crippen molar-refractivity contribution in [2.24, 2.45) is 11.1 Å². The molecule has 0 rings (SSSR count). The van der Waals surface area contributed by atoms with Crippen molar-refractivity contribution >= 4 is 6.21 Å². The summed E-state index contributed by atoms with van der Waals surface area (Å²) in [6.07, 6.45) is 1.16. The molecule has 0 aromatic heterocycles. The minimum Gasteiger partial charge on any atom is -0.411 e. The fraction of sp³-hybridized carbons (Fsp3) is 0.714. The Labute approximate surface area is 66.1 Å². The van der Waals surface area contributed by atoms with E-state index in [-0.39, 0.29) is 0 Å². The lowest BCUT2D eigenvalue weighted by Gasteiger charge is -2.24. The molecule has 0 saturated heterocycles. The molecule has 62 valence electrons. The topological polar surface area (TPSA) is 65.6 Å². The summed E-state index contributed by atoms with van der Waals surface area (Å²) in [6.45, 7) is 3.51. The first-order valence-corrected chi connectivity index (χ1v) is 3.20. The predicted molar refractivity (Wildman–Crippen MR) is 40.5 cm³/mol. The van der Waals surface area contributed by atoms with Crippen molar-refractivity contribution in [2.45, 2.75) is 19.4 Å². The maximum atomic E-state index is 8.59. The lowest BCUT2D eigenvalue weighted by atomic mass is 9.93. The van der Waals surface area contributed by atoms with Gasteiger partial charge in [-0.05, 0) is 13.8 Å². The monoisotopic (exact) mass is 156 g/mol. The molecule has 0 aliphatic heterocycles. The minimum atomic E-state index is -0.610. The second-order valence-corrected chi connectivity index (χ2v) is 2.68. The van der Waals surface area contributed by atoms with E-state index in [2.05, 4.69) is 5.16 Å². The van der Waals surface area contributed by atoms with Crippen LogP contribution in [0, 0.1) is 17.2 Å². The van der Waals surface area contributed by atoms with Gasteiger partial charge in [0, 0.05) is 7.11 Å². The van der Waals surface area contributed by atoms with E-state index in [0.717, 1.165) is 6.21 Å². The molecule has 0 aromatic carbocycles. The van der Waals surface area contributed by atoms with Crippen molar-refractivity contribution in [1.82, 2.24) is 0 Å². The van der Waals surface area contributed by atoms with Crippen LogP contribution in [0.2, 0.25) is 0 Å². The number of hydrogen-bond acceptors (Lipinski definition) is 4. The number of methoxy groups -OCH3 is 1. The molecule has 0 aromatic rings. The van der Waals surface area contributed by atoms with E-state index in [1.54, 1.807) is 13.8 Å². The van der Waals surface area contributed by atoms with Gasteiger partial charge in [-0.2, -0.15) is 5.26 Å².